The molecule has 0 amide bonds. The molecular formula is C18H22BrNO. The van der Waals surface area contributed by atoms with Crippen LogP contribution >= 0.6 is 15.9 Å². The first-order valence-electron chi connectivity index (χ1n) is 7.38. The van der Waals surface area contributed by atoms with Gasteiger partial charge in [0.05, 0.1) is 13.2 Å². The van der Waals surface area contributed by atoms with Crippen molar-refractivity contribution >= 4 is 15.9 Å². The third-order valence-corrected chi connectivity index (χ3v) is 3.70. The van der Waals surface area contributed by atoms with E-state index in [0.29, 0.717) is 13.2 Å². The van der Waals surface area contributed by atoms with Crippen LogP contribution in [-0.4, -0.2) is 6.54 Å². The van der Waals surface area contributed by atoms with E-state index < -0.39 is 0 Å². The van der Waals surface area contributed by atoms with E-state index >= 15 is 0 Å². The van der Waals surface area contributed by atoms with Crippen molar-refractivity contribution < 1.29 is 4.74 Å². The van der Waals surface area contributed by atoms with Gasteiger partial charge in [0.2, 0.25) is 0 Å². The maximum absolute atomic E-state index is 5.76. The second-order valence-electron chi connectivity index (χ2n) is 5.12. The molecule has 2 aromatic rings. The van der Waals surface area contributed by atoms with Crippen LogP contribution in [0.5, 0.6) is 0 Å². The standard InChI is InChI=1S/C18H22BrNO/c1-2-10-20-12-15-6-8-16(9-7-15)13-21-14-17-4-3-5-18(19)11-17/h3-9,11,20H,2,10,12-14H2,1H3. The molecule has 112 valence electrons. The summed E-state index contributed by atoms with van der Waals surface area (Å²) >= 11 is 3.47. The van der Waals surface area contributed by atoms with Gasteiger partial charge in [-0.2, -0.15) is 0 Å². The number of ether oxygens (including phenoxy) is 1. The third kappa shape index (κ3) is 6.00. The zero-order valence-electron chi connectivity index (χ0n) is 12.4. The first-order chi connectivity index (χ1) is 10.3. The Labute approximate surface area is 135 Å². The van der Waals surface area contributed by atoms with Crippen LogP contribution in [0, 0.1) is 0 Å². The van der Waals surface area contributed by atoms with Crippen molar-refractivity contribution in [1.29, 1.82) is 0 Å². The molecule has 0 saturated carbocycles. The van der Waals surface area contributed by atoms with E-state index in [9.17, 15) is 0 Å². The lowest BCUT2D eigenvalue weighted by Crippen LogP contribution is -2.13. The molecule has 3 heteroatoms. The molecule has 0 aliphatic carbocycles. The Kier molecular flexibility index (Phi) is 6.93. The van der Waals surface area contributed by atoms with Crippen molar-refractivity contribution in [3.8, 4) is 0 Å². The van der Waals surface area contributed by atoms with Crippen molar-refractivity contribution in [3.05, 3.63) is 69.7 Å². The molecule has 0 unspecified atom stereocenters. The van der Waals surface area contributed by atoms with Gasteiger partial charge in [0, 0.05) is 11.0 Å². The predicted octanol–water partition coefficient (Wildman–Crippen LogP) is 4.67. The molecule has 0 aromatic heterocycles. The molecule has 2 aromatic carbocycles. The summed E-state index contributed by atoms with van der Waals surface area (Å²) in [5.74, 6) is 0. The molecule has 0 heterocycles. The number of nitrogens with one attached hydrogen (secondary N) is 1. The number of halogens is 1. The molecule has 0 aliphatic heterocycles. The second-order valence-corrected chi connectivity index (χ2v) is 6.03. The number of hydrogen-bond donors (Lipinski definition) is 1. The smallest absolute Gasteiger partial charge is 0.0721 e. The Bertz CT molecular complexity index is 539. The van der Waals surface area contributed by atoms with E-state index in [1.54, 1.807) is 0 Å². The minimum Gasteiger partial charge on any atom is -0.372 e. The summed E-state index contributed by atoms with van der Waals surface area (Å²) in [6, 6.07) is 16.8. The summed E-state index contributed by atoms with van der Waals surface area (Å²) in [4.78, 5) is 0. The van der Waals surface area contributed by atoms with Crippen LogP contribution < -0.4 is 5.32 Å². The van der Waals surface area contributed by atoms with E-state index in [-0.39, 0.29) is 0 Å². The highest BCUT2D eigenvalue weighted by atomic mass is 79.9. The minimum absolute atomic E-state index is 0.638. The summed E-state index contributed by atoms with van der Waals surface area (Å²) < 4.78 is 6.85. The molecule has 2 nitrogen and oxygen atoms in total. The molecule has 21 heavy (non-hydrogen) atoms. The first kappa shape index (κ1) is 16.2. The summed E-state index contributed by atoms with van der Waals surface area (Å²) in [6.45, 7) is 5.47. The molecule has 1 N–H and O–H groups in total. The Hall–Kier alpha value is -1.16. The van der Waals surface area contributed by atoms with Crippen LogP contribution in [0.15, 0.2) is 53.0 Å². The fraction of sp³-hybridized carbons (Fsp3) is 0.333. The predicted molar refractivity (Wildman–Crippen MR) is 91.1 cm³/mol. The fourth-order valence-electron chi connectivity index (χ4n) is 2.08. The summed E-state index contributed by atoms with van der Waals surface area (Å²) in [5.41, 5.74) is 3.72. The van der Waals surface area contributed by atoms with Crippen LogP contribution in [0.4, 0.5) is 0 Å². The van der Waals surface area contributed by atoms with Crippen molar-refractivity contribution in [3.63, 3.8) is 0 Å². The van der Waals surface area contributed by atoms with Gasteiger partial charge in [-0.1, -0.05) is 59.3 Å². The van der Waals surface area contributed by atoms with Crippen LogP contribution in [-0.2, 0) is 24.5 Å². The lowest BCUT2D eigenvalue weighted by molar-refractivity contribution is 0.107. The van der Waals surface area contributed by atoms with Gasteiger partial charge in [0.15, 0.2) is 0 Å². The maximum Gasteiger partial charge on any atom is 0.0721 e. The van der Waals surface area contributed by atoms with Crippen LogP contribution in [0.2, 0.25) is 0 Å². The molecule has 0 bridgehead atoms. The van der Waals surface area contributed by atoms with E-state index in [4.69, 9.17) is 4.74 Å². The van der Waals surface area contributed by atoms with E-state index in [1.165, 1.54) is 23.1 Å². The zero-order valence-corrected chi connectivity index (χ0v) is 14.0. The van der Waals surface area contributed by atoms with Gasteiger partial charge in [-0.15, -0.1) is 0 Å². The topological polar surface area (TPSA) is 21.3 Å². The summed E-state index contributed by atoms with van der Waals surface area (Å²) in [7, 11) is 0. The molecule has 0 spiro atoms. The molecule has 0 atom stereocenters. The summed E-state index contributed by atoms with van der Waals surface area (Å²) in [6.07, 6.45) is 1.17. The van der Waals surface area contributed by atoms with Crippen molar-refractivity contribution in [1.82, 2.24) is 5.32 Å². The normalized spacial score (nSPS) is 10.8. The van der Waals surface area contributed by atoms with Gasteiger partial charge in [-0.3, -0.25) is 0 Å². The number of hydrogen-bond acceptors (Lipinski definition) is 2. The van der Waals surface area contributed by atoms with Crippen LogP contribution in [0.25, 0.3) is 0 Å². The zero-order chi connectivity index (χ0) is 14.9. The number of rotatable bonds is 8. The van der Waals surface area contributed by atoms with Gasteiger partial charge >= 0.3 is 0 Å². The van der Waals surface area contributed by atoms with E-state index in [0.717, 1.165) is 17.6 Å². The lowest BCUT2D eigenvalue weighted by Gasteiger charge is -2.07. The fourth-order valence-corrected chi connectivity index (χ4v) is 2.52. The largest absolute Gasteiger partial charge is 0.372 e. The molecule has 0 fully saturated rings. The highest BCUT2D eigenvalue weighted by molar-refractivity contribution is 9.10. The van der Waals surface area contributed by atoms with Gasteiger partial charge < -0.3 is 10.1 Å². The Balaban J connectivity index is 1.75. The van der Waals surface area contributed by atoms with Crippen molar-refractivity contribution in [2.75, 3.05) is 6.54 Å². The number of benzene rings is 2. The maximum atomic E-state index is 5.76. The third-order valence-electron chi connectivity index (χ3n) is 3.21. The van der Waals surface area contributed by atoms with Crippen LogP contribution in [0.3, 0.4) is 0 Å². The Morgan fingerprint density at radius 2 is 1.67 bits per heavy atom. The lowest BCUT2D eigenvalue weighted by atomic mass is 10.1. The monoisotopic (exact) mass is 347 g/mol. The van der Waals surface area contributed by atoms with Gasteiger partial charge in [0.1, 0.15) is 0 Å². The molecule has 0 radical (unpaired) electrons. The average molecular weight is 348 g/mol. The van der Waals surface area contributed by atoms with Gasteiger partial charge in [-0.05, 0) is 41.8 Å². The Morgan fingerprint density at radius 3 is 2.38 bits per heavy atom. The quantitative estimate of drug-likeness (QED) is 0.701. The van der Waals surface area contributed by atoms with Crippen molar-refractivity contribution in [2.45, 2.75) is 33.1 Å². The van der Waals surface area contributed by atoms with Gasteiger partial charge in [-0.25, -0.2) is 0 Å². The molecule has 0 aliphatic rings. The second kappa shape index (κ2) is 8.98. The minimum atomic E-state index is 0.638. The first-order valence-corrected chi connectivity index (χ1v) is 8.18. The van der Waals surface area contributed by atoms with Gasteiger partial charge in [0.25, 0.3) is 0 Å². The Morgan fingerprint density at radius 1 is 0.952 bits per heavy atom. The summed E-state index contributed by atoms with van der Waals surface area (Å²) in [5, 5.41) is 3.41. The highest BCUT2D eigenvalue weighted by Crippen LogP contribution is 2.13. The highest BCUT2D eigenvalue weighted by Gasteiger charge is 1.98. The average Bonchev–Trinajstić information content (AvgIpc) is 2.49. The molecular weight excluding hydrogens is 326 g/mol. The molecule has 2 rings (SSSR count). The SMILES string of the molecule is CCCNCc1ccc(COCc2cccc(Br)c2)cc1. The van der Waals surface area contributed by atoms with Crippen LogP contribution in [0.1, 0.15) is 30.0 Å². The van der Waals surface area contributed by atoms with E-state index in [1.807, 2.05) is 12.1 Å². The van der Waals surface area contributed by atoms with Crippen molar-refractivity contribution in [2.24, 2.45) is 0 Å². The molecule has 0 saturated heterocycles. The van der Waals surface area contributed by atoms with E-state index in [2.05, 4.69) is 64.6 Å².